The molecule has 2 unspecified atom stereocenters. The van der Waals surface area contributed by atoms with Crippen molar-refractivity contribution in [2.45, 2.75) is 19.1 Å². The zero-order valence-electron chi connectivity index (χ0n) is 10.8. The predicted octanol–water partition coefficient (Wildman–Crippen LogP) is 3.12. The molecule has 2 atom stereocenters. The lowest BCUT2D eigenvalue weighted by molar-refractivity contribution is 0.171. The molecule has 2 rings (SSSR count). The van der Waals surface area contributed by atoms with Crippen LogP contribution in [0.4, 0.5) is 0 Å². The van der Waals surface area contributed by atoms with Gasteiger partial charge in [-0.25, -0.2) is 0 Å². The summed E-state index contributed by atoms with van der Waals surface area (Å²) in [4.78, 5) is 4.08. The molecule has 1 aromatic carbocycles. The number of pyridine rings is 1. The Kier molecular flexibility index (Phi) is 4.91. The number of aliphatic hydroxyl groups excluding tert-OH is 1. The van der Waals surface area contributed by atoms with Crippen molar-refractivity contribution in [1.82, 2.24) is 10.3 Å². The van der Waals surface area contributed by atoms with Gasteiger partial charge in [-0.15, -0.1) is 0 Å². The summed E-state index contributed by atoms with van der Waals surface area (Å²) in [6, 6.07) is 11.4. The summed E-state index contributed by atoms with van der Waals surface area (Å²) in [5.74, 6) is 0. The maximum absolute atomic E-state index is 10.1. The Labute approximate surface area is 118 Å². The van der Waals surface area contributed by atoms with Crippen LogP contribution < -0.4 is 5.32 Å². The van der Waals surface area contributed by atoms with Crippen molar-refractivity contribution >= 4 is 11.6 Å². The number of nitrogens with zero attached hydrogens (tertiary/aromatic N) is 1. The van der Waals surface area contributed by atoms with Crippen LogP contribution in [0.5, 0.6) is 0 Å². The predicted molar refractivity (Wildman–Crippen MR) is 77.1 cm³/mol. The highest BCUT2D eigenvalue weighted by Gasteiger charge is 2.12. The van der Waals surface area contributed by atoms with Crippen LogP contribution in [0.1, 0.15) is 30.2 Å². The Morgan fingerprint density at radius 3 is 2.74 bits per heavy atom. The van der Waals surface area contributed by atoms with Crippen LogP contribution in [0, 0.1) is 0 Å². The van der Waals surface area contributed by atoms with Crippen molar-refractivity contribution in [3.8, 4) is 0 Å². The molecular weight excluding hydrogens is 260 g/mol. The molecule has 0 bridgehead atoms. The topological polar surface area (TPSA) is 45.1 Å². The number of rotatable bonds is 5. The van der Waals surface area contributed by atoms with E-state index < -0.39 is 6.10 Å². The third-order valence-electron chi connectivity index (χ3n) is 3.07. The van der Waals surface area contributed by atoms with Crippen molar-refractivity contribution in [1.29, 1.82) is 0 Å². The Morgan fingerprint density at radius 1 is 1.26 bits per heavy atom. The molecule has 0 radical (unpaired) electrons. The molecule has 19 heavy (non-hydrogen) atoms. The first-order valence-electron chi connectivity index (χ1n) is 6.24. The highest BCUT2D eigenvalue weighted by Crippen LogP contribution is 2.22. The molecule has 1 aromatic heterocycles. The SMILES string of the molecule is CC(NCC(O)c1ccccc1Cl)c1cccnc1. The normalized spacial score (nSPS) is 14.1. The molecule has 100 valence electrons. The average Bonchev–Trinajstić information content (AvgIpc) is 2.46. The smallest absolute Gasteiger partial charge is 0.0928 e. The van der Waals surface area contributed by atoms with Crippen molar-refractivity contribution < 1.29 is 5.11 Å². The number of nitrogens with one attached hydrogen (secondary N) is 1. The maximum atomic E-state index is 10.1. The highest BCUT2D eigenvalue weighted by molar-refractivity contribution is 6.31. The van der Waals surface area contributed by atoms with Gasteiger partial charge in [0.25, 0.3) is 0 Å². The Bertz CT molecular complexity index is 519. The van der Waals surface area contributed by atoms with Crippen molar-refractivity contribution in [2.24, 2.45) is 0 Å². The first-order chi connectivity index (χ1) is 9.18. The number of hydrogen-bond acceptors (Lipinski definition) is 3. The lowest BCUT2D eigenvalue weighted by Gasteiger charge is -2.18. The van der Waals surface area contributed by atoms with Crippen LogP contribution in [0.2, 0.25) is 5.02 Å². The fourth-order valence-electron chi connectivity index (χ4n) is 1.89. The van der Waals surface area contributed by atoms with Crippen LogP contribution in [0.15, 0.2) is 48.8 Å². The van der Waals surface area contributed by atoms with Crippen molar-refractivity contribution in [2.75, 3.05) is 6.54 Å². The molecule has 0 saturated carbocycles. The lowest BCUT2D eigenvalue weighted by atomic mass is 10.1. The van der Waals surface area contributed by atoms with Gasteiger partial charge in [-0.3, -0.25) is 4.98 Å². The molecule has 3 nitrogen and oxygen atoms in total. The minimum Gasteiger partial charge on any atom is -0.387 e. The molecule has 2 N–H and O–H groups in total. The van der Waals surface area contributed by atoms with Crippen LogP contribution in [-0.4, -0.2) is 16.6 Å². The summed E-state index contributed by atoms with van der Waals surface area (Å²) in [5, 5.41) is 14.0. The molecule has 2 aromatic rings. The lowest BCUT2D eigenvalue weighted by Crippen LogP contribution is -2.24. The van der Waals surface area contributed by atoms with Crippen LogP contribution in [-0.2, 0) is 0 Å². The molecule has 0 fully saturated rings. The number of hydrogen-bond donors (Lipinski definition) is 2. The summed E-state index contributed by atoms with van der Waals surface area (Å²) in [5.41, 5.74) is 1.84. The van der Waals surface area contributed by atoms with E-state index in [-0.39, 0.29) is 6.04 Å². The van der Waals surface area contributed by atoms with Gasteiger partial charge >= 0.3 is 0 Å². The second kappa shape index (κ2) is 6.66. The molecule has 0 aliphatic rings. The molecule has 0 amide bonds. The highest BCUT2D eigenvalue weighted by atomic mass is 35.5. The van der Waals surface area contributed by atoms with Gasteiger partial charge in [-0.05, 0) is 24.6 Å². The van der Waals surface area contributed by atoms with Crippen LogP contribution >= 0.6 is 11.6 Å². The fourth-order valence-corrected chi connectivity index (χ4v) is 2.16. The summed E-state index contributed by atoms with van der Waals surface area (Å²) < 4.78 is 0. The number of benzene rings is 1. The number of aliphatic hydroxyl groups is 1. The van der Waals surface area contributed by atoms with Gasteiger partial charge < -0.3 is 10.4 Å². The minimum atomic E-state index is -0.618. The Morgan fingerprint density at radius 2 is 2.05 bits per heavy atom. The second-order valence-corrected chi connectivity index (χ2v) is 4.86. The summed E-state index contributed by atoms with van der Waals surface area (Å²) in [6.07, 6.45) is 2.95. The monoisotopic (exact) mass is 276 g/mol. The number of aromatic nitrogens is 1. The molecule has 1 heterocycles. The van der Waals surface area contributed by atoms with Crippen LogP contribution in [0.3, 0.4) is 0 Å². The van der Waals surface area contributed by atoms with E-state index in [4.69, 9.17) is 11.6 Å². The van der Waals surface area contributed by atoms with Gasteiger partial charge in [0.2, 0.25) is 0 Å². The van der Waals surface area contributed by atoms with Gasteiger partial charge in [0, 0.05) is 35.6 Å². The van der Waals surface area contributed by atoms with E-state index in [1.807, 2.05) is 43.5 Å². The quantitative estimate of drug-likeness (QED) is 0.882. The third kappa shape index (κ3) is 3.77. The first-order valence-corrected chi connectivity index (χ1v) is 6.62. The van der Waals surface area contributed by atoms with Gasteiger partial charge in [-0.2, -0.15) is 0 Å². The molecule has 0 spiro atoms. The van der Waals surface area contributed by atoms with Gasteiger partial charge in [0.1, 0.15) is 0 Å². The first kappa shape index (κ1) is 14.0. The molecule has 0 saturated heterocycles. The summed E-state index contributed by atoms with van der Waals surface area (Å²) >= 11 is 6.05. The van der Waals surface area contributed by atoms with E-state index in [1.54, 1.807) is 12.3 Å². The molecule has 4 heteroatoms. The van der Waals surface area contributed by atoms with E-state index in [2.05, 4.69) is 10.3 Å². The zero-order valence-corrected chi connectivity index (χ0v) is 11.5. The summed E-state index contributed by atoms with van der Waals surface area (Å²) in [6.45, 7) is 2.48. The van der Waals surface area contributed by atoms with E-state index in [9.17, 15) is 5.11 Å². The van der Waals surface area contributed by atoms with Gasteiger partial charge in [0.15, 0.2) is 0 Å². The zero-order chi connectivity index (χ0) is 13.7. The number of halogens is 1. The van der Waals surface area contributed by atoms with Gasteiger partial charge in [0.05, 0.1) is 6.10 Å². The van der Waals surface area contributed by atoms with Gasteiger partial charge in [-0.1, -0.05) is 35.9 Å². The van der Waals surface area contributed by atoms with E-state index in [1.165, 1.54) is 0 Å². The largest absolute Gasteiger partial charge is 0.387 e. The second-order valence-electron chi connectivity index (χ2n) is 4.45. The Hall–Kier alpha value is -1.42. The molecular formula is C15H17ClN2O. The minimum absolute atomic E-state index is 0.130. The van der Waals surface area contributed by atoms with E-state index in [0.717, 1.165) is 11.1 Å². The van der Waals surface area contributed by atoms with Crippen molar-refractivity contribution in [3.05, 3.63) is 64.9 Å². The maximum Gasteiger partial charge on any atom is 0.0928 e. The molecule has 0 aliphatic heterocycles. The van der Waals surface area contributed by atoms with E-state index in [0.29, 0.717) is 11.6 Å². The Balaban J connectivity index is 1.94. The van der Waals surface area contributed by atoms with Crippen LogP contribution in [0.25, 0.3) is 0 Å². The average molecular weight is 277 g/mol. The fraction of sp³-hybridized carbons (Fsp3) is 0.267. The van der Waals surface area contributed by atoms with E-state index >= 15 is 0 Å². The molecule has 0 aliphatic carbocycles. The van der Waals surface area contributed by atoms with Crippen molar-refractivity contribution in [3.63, 3.8) is 0 Å². The third-order valence-corrected chi connectivity index (χ3v) is 3.41. The summed E-state index contributed by atoms with van der Waals surface area (Å²) in [7, 11) is 0. The standard InChI is InChI=1S/C15H17ClN2O/c1-11(12-5-4-8-17-9-12)18-10-15(19)13-6-2-3-7-14(13)16/h2-9,11,15,18-19H,10H2,1H3.